The number of likely N-dealkylation sites (tertiary alicyclic amines) is 1. The highest BCUT2D eigenvalue weighted by molar-refractivity contribution is 7.92. The molecule has 1 aliphatic carbocycles. The maximum absolute atomic E-state index is 12.6. The van der Waals surface area contributed by atoms with Crippen LogP contribution in [0.5, 0.6) is 0 Å². The Morgan fingerprint density at radius 1 is 1.12 bits per heavy atom. The highest BCUT2D eigenvalue weighted by atomic mass is 32.2. The van der Waals surface area contributed by atoms with Crippen molar-refractivity contribution in [3.63, 3.8) is 0 Å². The van der Waals surface area contributed by atoms with Gasteiger partial charge in [0.05, 0.1) is 11.0 Å². The van der Waals surface area contributed by atoms with Gasteiger partial charge in [0.2, 0.25) is 5.91 Å². The minimum Gasteiger partial charge on any atom is -0.475 e. The molecule has 0 bridgehead atoms. The fourth-order valence-corrected chi connectivity index (χ4v) is 6.23. The summed E-state index contributed by atoms with van der Waals surface area (Å²) in [7, 11) is -3.08. The summed E-state index contributed by atoms with van der Waals surface area (Å²) in [5, 5.41) is 6.77. The molecule has 0 radical (unpaired) electrons. The Labute approximate surface area is 184 Å². The van der Waals surface area contributed by atoms with Gasteiger partial charge in [-0.2, -0.15) is 13.2 Å². The van der Waals surface area contributed by atoms with Crippen LogP contribution >= 0.6 is 0 Å². The molecule has 0 unspecified atom stereocenters. The number of carboxylic acids is 1. The summed E-state index contributed by atoms with van der Waals surface area (Å²) >= 11 is 0. The number of nitrogens with zero attached hydrogens (tertiary/aromatic N) is 3. The molecule has 1 aromatic heterocycles. The van der Waals surface area contributed by atoms with Crippen molar-refractivity contribution in [2.75, 3.05) is 25.4 Å². The lowest BCUT2D eigenvalue weighted by molar-refractivity contribution is -0.192. The lowest BCUT2D eigenvalue weighted by atomic mass is 10.1. The molecule has 3 fully saturated rings. The number of alkyl halides is 3. The second kappa shape index (κ2) is 9.74. The monoisotopic (exact) mass is 477 g/mol. The number of sulfone groups is 1. The van der Waals surface area contributed by atoms with Crippen LogP contribution in [-0.4, -0.2) is 83.0 Å². The zero-order valence-corrected chi connectivity index (χ0v) is 18.2. The van der Waals surface area contributed by atoms with Crippen molar-refractivity contribution < 1.29 is 36.3 Å². The predicted molar refractivity (Wildman–Crippen MR) is 108 cm³/mol. The van der Waals surface area contributed by atoms with E-state index in [1.54, 1.807) is 6.20 Å². The number of fused-ring (bicyclic) bond motifs is 1. The number of hydrogen-bond acceptors (Lipinski definition) is 6. The van der Waals surface area contributed by atoms with Gasteiger partial charge in [-0.1, -0.05) is 6.07 Å². The van der Waals surface area contributed by atoms with Crippen molar-refractivity contribution in [1.82, 2.24) is 14.8 Å². The molecular weight excluding hydrogens is 451 g/mol. The summed E-state index contributed by atoms with van der Waals surface area (Å²) in [6.07, 6.45) is 1.80. The van der Waals surface area contributed by atoms with Crippen molar-refractivity contribution in [3.05, 3.63) is 30.1 Å². The minimum absolute atomic E-state index is 0.00374. The zero-order valence-electron chi connectivity index (χ0n) is 17.4. The Hall–Kier alpha value is -2.21. The average molecular weight is 478 g/mol. The number of aliphatic carboxylic acids is 1. The summed E-state index contributed by atoms with van der Waals surface area (Å²) in [6, 6.07) is 3.94. The van der Waals surface area contributed by atoms with Gasteiger partial charge in [0, 0.05) is 50.5 Å². The van der Waals surface area contributed by atoms with Crippen LogP contribution in [0.15, 0.2) is 24.5 Å². The number of carbonyl (C=O) groups is 2. The van der Waals surface area contributed by atoms with Crippen LogP contribution < -0.4 is 0 Å². The summed E-state index contributed by atoms with van der Waals surface area (Å²) in [5.74, 6) is -2.11. The first kappa shape index (κ1) is 24.4. The second-order valence-corrected chi connectivity index (χ2v) is 10.6. The van der Waals surface area contributed by atoms with Crippen molar-refractivity contribution in [1.29, 1.82) is 0 Å². The fraction of sp³-hybridized carbons (Fsp3) is 0.650. The minimum atomic E-state index is -5.08. The number of carboxylic acid groups (broad SMARTS) is 1. The standard InChI is InChI=1S/C18H25N3O3S.C2HF3O2/c22-18(15-3-4-15)20-8-5-16-17(6-9-20)25(23,24)11-10-21(16)13-14-2-1-7-19-12-14;3-2(4,5)1(6)7/h1-2,7,12,15-17H,3-6,8-11,13H2;(H,6,7)/t16-,17+;/m0./s1. The Kier molecular flexibility index (Phi) is 7.43. The third-order valence-electron chi connectivity index (χ3n) is 5.99. The van der Waals surface area contributed by atoms with Crippen molar-refractivity contribution in [3.8, 4) is 0 Å². The third kappa shape index (κ3) is 6.18. The van der Waals surface area contributed by atoms with Gasteiger partial charge in [-0.05, 0) is 37.3 Å². The van der Waals surface area contributed by atoms with Gasteiger partial charge in [-0.3, -0.25) is 14.7 Å². The van der Waals surface area contributed by atoms with Crippen LogP contribution in [0.4, 0.5) is 13.2 Å². The fourth-order valence-electron chi connectivity index (χ4n) is 4.19. The quantitative estimate of drug-likeness (QED) is 0.706. The largest absolute Gasteiger partial charge is 0.490 e. The summed E-state index contributed by atoms with van der Waals surface area (Å²) in [5.41, 5.74) is 1.11. The SMILES string of the molecule is O=C(C1CC1)N1CC[C@@H]2[C@H](CC1)N(Cc1cccnc1)CCS2(=O)=O.O=C(O)C(F)(F)F. The molecule has 2 aliphatic heterocycles. The molecule has 1 saturated carbocycles. The van der Waals surface area contributed by atoms with Crippen molar-refractivity contribution >= 4 is 21.7 Å². The molecule has 4 rings (SSSR count). The number of aromatic nitrogens is 1. The van der Waals surface area contributed by atoms with Gasteiger partial charge < -0.3 is 10.0 Å². The van der Waals surface area contributed by atoms with Gasteiger partial charge in [0.25, 0.3) is 0 Å². The van der Waals surface area contributed by atoms with Gasteiger partial charge in [0.15, 0.2) is 9.84 Å². The van der Waals surface area contributed by atoms with E-state index in [1.807, 2.05) is 23.2 Å². The van der Waals surface area contributed by atoms with E-state index in [0.717, 1.165) is 31.4 Å². The van der Waals surface area contributed by atoms with Crippen molar-refractivity contribution in [2.45, 2.75) is 49.7 Å². The van der Waals surface area contributed by atoms with Gasteiger partial charge >= 0.3 is 12.1 Å². The van der Waals surface area contributed by atoms with E-state index in [2.05, 4.69) is 9.88 Å². The Morgan fingerprint density at radius 3 is 2.34 bits per heavy atom. The molecule has 2 saturated heterocycles. The highest BCUT2D eigenvalue weighted by Gasteiger charge is 2.44. The second-order valence-electron chi connectivity index (χ2n) is 8.28. The molecular formula is C20H26F3N3O5S. The first-order valence-corrected chi connectivity index (χ1v) is 12.1. The molecule has 3 aliphatic rings. The highest BCUT2D eigenvalue weighted by Crippen LogP contribution is 2.34. The van der Waals surface area contributed by atoms with E-state index >= 15 is 0 Å². The summed E-state index contributed by atoms with van der Waals surface area (Å²) in [4.78, 5) is 29.7. The van der Waals surface area contributed by atoms with E-state index in [-0.39, 0.29) is 28.9 Å². The maximum Gasteiger partial charge on any atom is 0.490 e. The molecule has 1 amide bonds. The van der Waals surface area contributed by atoms with E-state index in [0.29, 0.717) is 26.1 Å². The van der Waals surface area contributed by atoms with E-state index < -0.39 is 22.0 Å². The Balaban J connectivity index is 0.000000360. The number of halogens is 3. The molecule has 12 heteroatoms. The number of pyridine rings is 1. The molecule has 3 heterocycles. The van der Waals surface area contributed by atoms with Crippen LogP contribution in [0.2, 0.25) is 0 Å². The molecule has 0 aromatic carbocycles. The Bertz CT molecular complexity index is 922. The number of hydrogen-bond donors (Lipinski definition) is 1. The van der Waals surface area contributed by atoms with Crippen molar-refractivity contribution in [2.24, 2.45) is 5.92 Å². The lowest BCUT2D eigenvalue weighted by Crippen LogP contribution is -2.54. The van der Waals surface area contributed by atoms with Gasteiger partial charge in [-0.15, -0.1) is 0 Å². The number of carbonyl (C=O) groups excluding carboxylic acids is 1. The first-order chi connectivity index (χ1) is 15.0. The molecule has 1 N–H and O–H groups in total. The number of amides is 1. The van der Waals surface area contributed by atoms with Gasteiger partial charge in [-0.25, -0.2) is 13.2 Å². The molecule has 0 spiro atoms. The molecule has 178 valence electrons. The van der Waals surface area contributed by atoms with E-state index in [4.69, 9.17) is 9.90 Å². The first-order valence-electron chi connectivity index (χ1n) is 10.4. The topological polar surface area (TPSA) is 108 Å². The zero-order chi connectivity index (χ0) is 23.5. The predicted octanol–water partition coefficient (Wildman–Crippen LogP) is 1.71. The Morgan fingerprint density at radius 2 is 1.78 bits per heavy atom. The third-order valence-corrected chi connectivity index (χ3v) is 8.21. The lowest BCUT2D eigenvalue weighted by Gasteiger charge is -2.40. The molecule has 8 nitrogen and oxygen atoms in total. The maximum atomic E-state index is 12.6. The van der Waals surface area contributed by atoms with Crippen LogP contribution in [0.3, 0.4) is 0 Å². The van der Waals surface area contributed by atoms with Crippen LogP contribution in [-0.2, 0) is 26.0 Å². The van der Waals surface area contributed by atoms with Crippen LogP contribution in [0.25, 0.3) is 0 Å². The smallest absolute Gasteiger partial charge is 0.475 e. The average Bonchev–Trinajstić information content (AvgIpc) is 3.57. The van der Waals surface area contributed by atoms with Crippen LogP contribution in [0.1, 0.15) is 31.2 Å². The molecule has 2 atom stereocenters. The van der Waals surface area contributed by atoms with E-state index in [1.165, 1.54) is 0 Å². The number of rotatable bonds is 3. The summed E-state index contributed by atoms with van der Waals surface area (Å²) < 4.78 is 57.0. The normalized spacial score (nSPS) is 25.7. The van der Waals surface area contributed by atoms with Crippen LogP contribution in [0, 0.1) is 5.92 Å². The molecule has 1 aromatic rings. The van der Waals surface area contributed by atoms with E-state index in [9.17, 15) is 26.4 Å². The van der Waals surface area contributed by atoms with Gasteiger partial charge in [0.1, 0.15) is 0 Å². The summed E-state index contributed by atoms with van der Waals surface area (Å²) in [6.45, 7) is 2.54. The molecule has 32 heavy (non-hydrogen) atoms.